The van der Waals surface area contributed by atoms with Crippen LogP contribution in [0.5, 0.6) is 0 Å². The number of aryl methyl sites for hydroxylation is 1. The molecular formula is C22H25N3O3. The van der Waals surface area contributed by atoms with Crippen molar-refractivity contribution in [2.24, 2.45) is 7.05 Å². The molecule has 0 fully saturated rings. The minimum Gasteiger partial charge on any atom is -0.456 e. The molecule has 0 bridgehead atoms. The van der Waals surface area contributed by atoms with Crippen LogP contribution in [0.3, 0.4) is 0 Å². The number of fused-ring (bicyclic) bond motifs is 1. The first-order chi connectivity index (χ1) is 13.2. The number of para-hydroxylation sites is 2. The molecule has 28 heavy (non-hydrogen) atoms. The van der Waals surface area contributed by atoms with Gasteiger partial charge < -0.3 is 14.6 Å². The van der Waals surface area contributed by atoms with Gasteiger partial charge in [0.15, 0.2) is 0 Å². The number of hydrogen-bond acceptors (Lipinski definition) is 4. The molecule has 0 saturated carbocycles. The third-order valence-electron chi connectivity index (χ3n) is 4.25. The van der Waals surface area contributed by atoms with Gasteiger partial charge in [-0.3, -0.25) is 4.79 Å². The van der Waals surface area contributed by atoms with E-state index in [1.165, 1.54) is 0 Å². The van der Waals surface area contributed by atoms with E-state index >= 15 is 0 Å². The maximum Gasteiger partial charge on any atom is 0.338 e. The van der Waals surface area contributed by atoms with Crippen LogP contribution in [0.15, 0.2) is 48.5 Å². The first-order valence-electron chi connectivity index (χ1n) is 9.22. The maximum atomic E-state index is 12.4. The number of benzene rings is 2. The second-order valence-corrected chi connectivity index (χ2v) is 7.73. The Hall–Kier alpha value is -3.15. The Kier molecular flexibility index (Phi) is 5.49. The number of nitrogens with one attached hydrogen (secondary N) is 1. The number of imidazole rings is 1. The van der Waals surface area contributed by atoms with Crippen LogP contribution in [0.25, 0.3) is 11.0 Å². The highest BCUT2D eigenvalue weighted by molar-refractivity contribution is 5.90. The zero-order valence-corrected chi connectivity index (χ0v) is 16.7. The number of esters is 1. The van der Waals surface area contributed by atoms with Crippen LogP contribution >= 0.6 is 0 Å². The van der Waals surface area contributed by atoms with Crippen LogP contribution in [-0.2, 0) is 29.5 Å². The van der Waals surface area contributed by atoms with Crippen molar-refractivity contribution in [2.45, 2.75) is 39.3 Å². The molecule has 0 aliphatic carbocycles. The van der Waals surface area contributed by atoms with Crippen LogP contribution in [0.4, 0.5) is 0 Å². The molecule has 1 aromatic heterocycles. The third kappa shape index (κ3) is 4.76. The second kappa shape index (κ2) is 7.84. The Bertz CT molecular complexity index is 1020. The van der Waals surface area contributed by atoms with Crippen molar-refractivity contribution in [2.75, 3.05) is 0 Å². The number of carbonyl (C=O) groups excluding carboxylic acids is 2. The normalized spacial score (nSPS) is 11.4. The summed E-state index contributed by atoms with van der Waals surface area (Å²) in [5.41, 5.74) is 2.62. The molecule has 3 rings (SSSR count). The molecule has 0 saturated heterocycles. The highest BCUT2D eigenvalue weighted by atomic mass is 16.6. The van der Waals surface area contributed by atoms with Crippen molar-refractivity contribution < 1.29 is 14.3 Å². The standard InChI is InChI=1S/C22H25N3O3/c1-22(2,3)28-21(27)16-9-7-8-15(12-16)14-23-20(26)13-19-24-17-10-5-6-11-18(17)25(19)4/h5-12H,13-14H2,1-4H3,(H,23,26). The highest BCUT2D eigenvalue weighted by Crippen LogP contribution is 2.15. The maximum absolute atomic E-state index is 12.4. The lowest BCUT2D eigenvalue weighted by molar-refractivity contribution is -0.120. The molecule has 0 unspecified atom stereocenters. The second-order valence-electron chi connectivity index (χ2n) is 7.73. The van der Waals surface area contributed by atoms with E-state index in [4.69, 9.17) is 4.74 Å². The number of hydrogen-bond donors (Lipinski definition) is 1. The average Bonchev–Trinajstić information content (AvgIpc) is 2.95. The molecule has 0 aliphatic rings. The Balaban J connectivity index is 1.62. The monoisotopic (exact) mass is 379 g/mol. The first-order valence-corrected chi connectivity index (χ1v) is 9.22. The Morgan fingerprint density at radius 2 is 1.86 bits per heavy atom. The fraction of sp³-hybridized carbons (Fsp3) is 0.318. The molecule has 1 heterocycles. The predicted octanol–water partition coefficient (Wildman–Crippen LogP) is 3.39. The summed E-state index contributed by atoms with van der Waals surface area (Å²) in [5.74, 6) is 0.211. The van der Waals surface area contributed by atoms with Crippen LogP contribution in [0.2, 0.25) is 0 Å². The van der Waals surface area contributed by atoms with Crippen molar-refractivity contribution in [3.8, 4) is 0 Å². The highest BCUT2D eigenvalue weighted by Gasteiger charge is 2.18. The van der Waals surface area contributed by atoms with E-state index in [0.717, 1.165) is 16.6 Å². The van der Waals surface area contributed by atoms with Crippen molar-refractivity contribution >= 4 is 22.9 Å². The van der Waals surface area contributed by atoms with Gasteiger partial charge in [0.2, 0.25) is 5.91 Å². The number of carbonyl (C=O) groups is 2. The van der Waals surface area contributed by atoms with Crippen molar-refractivity contribution in [3.05, 3.63) is 65.5 Å². The van der Waals surface area contributed by atoms with E-state index in [2.05, 4.69) is 10.3 Å². The van der Waals surface area contributed by atoms with E-state index in [-0.39, 0.29) is 18.3 Å². The summed E-state index contributed by atoms with van der Waals surface area (Å²) >= 11 is 0. The number of nitrogens with zero attached hydrogens (tertiary/aromatic N) is 2. The van der Waals surface area contributed by atoms with Crippen LogP contribution < -0.4 is 5.32 Å². The summed E-state index contributed by atoms with van der Waals surface area (Å²) in [6.45, 7) is 5.82. The Morgan fingerprint density at radius 1 is 1.11 bits per heavy atom. The summed E-state index contributed by atoms with van der Waals surface area (Å²) < 4.78 is 7.32. The summed E-state index contributed by atoms with van der Waals surface area (Å²) in [7, 11) is 1.91. The average molecular weight is 379 g/mol. The summed E-state index contributed by atoms with van der Waals surface area (Å²) in [5, 5.41) is 2.89. The molecule has 6 nitrogen and oxygen atoms in total. The number of amides is 1. The molecule has 1 N–H and O–H groups in total. The van der Waals surface area contributed by atoms with Gasteiger partial charge in [0, 0.05) is 13.6 Å². The van der Waals surface area contributed by atoms with Gasteiger partial charge in [-0.05, 0) is 50.6 Å². The van der Waals surface area contributed by atoms with Gasteiger partial charge in [0.1, 0.15) is 11.4 Å². The van der Waals surface area contributed by atoms with E-state index in [0.29, 0.717) is 17.9 Å². The van der Waals surface area contributed by atoms with E-state index in [1.54, 1.807) is 18.2 Å². The number of rotatable bonds is 5. The minimum absolute atomic E-state index is 0.124. The molecule has 0 radical (unpaired) electrons. The Morgan fingerprint density at radius 3 is 2.57 bits per heavy atom. The lowest BCUT2D eigenvalue weighted by Crippen LogP contribution is -2.26. The third-order valence-corrected chi connectivity index (χ3v) is 4.25. The summed E-state index contributed by atoms with van der Waals surface area (Å²) in [4.78, 5) is 29.1. The lowest BCUT2D eigenvalue weighted by Gasteiger charge is -2.19. The summed E-state index contributed by atoms with van der Waals surface area (Å²) in [6, 6.07) is 14.9. The molecule has 0 aliphatic heterocycles. The SMILES string of the molecule is Cn1c(CC(=O)NCc2cccc(C(=O)OC(C)(C)C)c2)nc2ccccc21. The largest absolute Gasteiger partial charge is 0.456 e. The fourth-order valence-electron chi connectivity index (χ4n) is 2.91. The summed E-state index contributed by atoms with van der Waals surface area (Å²) in [6.07, 6.45) is 0.191. The van der Waals surface area contributed by atoms with Gasteiger partial charge in [-0.15, -0.1) is 0 Å². The van der Waals surface area contributed by atoms with Gasteiger partial charge >= 0.3 is 5.97 Å². The van der Waals surface area contributed by atoms with Crippen molar-refractivity contribution in [3.63, 3.8) is 0 Å². The van der Waals surface area contributed by atoms with Crippen LogP contribution in [-0.4, -0.2) is 27.0 Å². The topological polar surface area (TPSA) is 73.2 Å². The van der Waals surface area contributed by atoms with Crippen LogP contribution in [0, 0.1) is 0 Å². The lowest BCUT2D eigenvalue weighted by atomic mass is 10.1. The van der Waals surface area contributed by atoms with Crippen molar-refractivity contribution in [1.29, 1.82) is 0 Å². The van der Waals surface area contributed by atoms with Gasteiger partial charge in [-0.1, -0.05) is 24.3 Å². The van der Waals surface area contributed by atoms with E-state index in [1.807, 2.05) is 62.7 Å². The van der Waals surface area contributed by atoms with Crippen molar-refractivity contribution in [1.82, 2.24) is 14.9 Å². The molecule has 1 amide bonds. The van der Waals surface area contributed by atoms with Crippen LogP contribution in [0.1, 0.15) is 42.5 Å². The van der Waals surface area contributed by atoms with Gasteiger partial charge in [0.25, 0.3) is 0 Å². The van der Waals surface area contributed by atoms with Gasteiger partial charge in [0.05, 0.1) is 23.0 Å². The molecule has 0 atom stereocenters. The number of ether oxygens (including phenoxy) is 1. The molecular weight excluding hydrogens is 354 g/mol. The molecule has 6 heteroatoms. The van der Waals surface area contributed by atoms with E-state index in [9.17, 15) is 9.59 Å². The van der Waals surface area contributed by atoms with E-state index < -0.39 is 5.60 Å². The zero-order chi connectivity index (χ0) is 20.3. The molecule has 0 spiro atoms. The molecule has 2 aromatic carbocycles. The quantitative estimate of drug-likeness (QED) is 0.690. The zero-order valence-electron chi connectivity index (χ0n) is 16.7. The first kappa shape index (κ1) is 19.6. The van der Waals surface area contributed by atoms with Gasteiger partial charge in [-0.2, -0.15) is 0 Å². The number of aromatic nitrogens is 2. The Labute approximate surface area is 164 Å². The van der Waals surface area contributed by atoms with Gasteiger partial charge in [-0.25, -0.2) is 9.78 Å². The fourth-order valence-corrected chi connectivity index (χ4v) is 2.91. The minimum atomic E-state index is -0.549. The smallest absolute Gasteiger partial charge is 0.338 e. The molecule has 3 aromatic rings. The molecule has 146 valence electrons. The predicted molar refractivity (Wildman–Crippen MR) is 108 cm³/mol.